The first kappa shape index (κ1) is 21.5. The maximum atomic E-state index is 12.6. The third-order valence-corrected chi connectivity index (χ3v) is 4.71. The number of hydrogen-bond donors (Lipinski definition) is 1. The Hall–Kier alpha value is -1.76. The van der Waals surface area contributed by atoms with Gasteiger partial charge in [0.1, 0.15) is 12.4 Å². The lowest BCUT2D eigenvalue weighted by Crippen LogP contribution is -2.31. The molecule has 0 unspecified atom stereocenters. The van der Waals surface area contributed by atoms with Gasteiger partial charge < -0.3 is 9.84 Å². The van der Waals surface area contributed by atoms with E-state index in [9.17, 15) is 18.3 Å². The first-order chi connectivity index (χ1) is 12.5. The van der Waals surface area contributed by atoms with Gasteiger partial charge >= 0.3 is 6.18 Å². The van der Waals surface area contributed by atoms with Crippen LogP contribution >= 0.6 is 12.4 Å². The van der Waals surface area contributed by atoms with Crippen LogP contribution < -0.4 is 4.74 Å². The van der Waals surface area contributed by atoms with E-state index >= 15 is 0 Å². The summed E-state index contributed by atoms with van der Waals surface area (Å²) in [5.74, 6) is 0.675. The quantitative estimate of drug-likeness (QED) is 0.764. The molecule has 0 aromatic heterocycles. The Morgan fingerprint density at radius 3 is 2.22 bits per heavy atom. The Morgan fingerprint density at radius 1 is 1.00 bits per heavy atom. The van der Waals surface area contributed by atoms with Crippen molar-refractivity contribution in [2.75, 3.05) is 13.2 Å². The van der Waals surface area contributed by atoms with Crippen molar-refractivity contribution in [2.24, 2.45) is 0 Å². The number of alkyl halides is 3. The molecule has 1 saturated heterocycles. The summed E-state index contributed by atoms with van der Waals surface area (Å²) in [6.45, 7) is 2.20. The third kappa shape index (κ3) is 5.86. The lowest BCUT2D eigenvalue weighted by atomic mass is 10.1. The van der Waals surface area contributed by atoms with E-state index in [0.29, 0.717) is 11.3 Å². The van der Waals surface area contributed by atoms with E-state index in [1.54, 1.807) is 0 Å². The summed E-state index contributed by atoms with van der Waals surface area (Å²) in [5.41, 5.74) is 1.17. The van der Waals surface area contributed by atoms with Gasteiger partial charge in [-0.2, -0.15) is 13.2 Å². The van der Waals surface area contributed by atoms with Gasteiger partial charge in [0, 0.05) is 12.6 Å². The molecule has 0 radical (unpaired) electrons. The van der Waals surface area contributed by atoms with Crippen LogP contribution in [0.2, 0.25) is 0 Å². The topological polar surface area (TPSA) is 32.7 Å². The Balaban J connectivity index is 0.00000261. The van der Waals surface area contributed by atoms with Crippen LogP contribution in [0.15, 0.2) is 48.5 Å². The maximum absolute atomic E-state index is 12.6. The van der Waals surface area contributed by atoms with E-state index in [2.05, 4.69) is 4.90 Å². The number of likely N-dealkylation sites (tertiary alicyclic amines) is 1. The molecule has 0 spiro atoms. The molecule has 27 heavy (non-hydrogen) atoms. The zero-order chi connectivity index (χ0) is 18.6. The molecule has 1 aliphatic heterocycles. The second-order valence-electron chi connectivity index (χ2n) is 6.58. The molecule has 148 valence electrons. The molecule has 1 N–H and O–H groups in total. The number of benzene rings is 2. The lowest BCUT2D eigenvalue weighted by Gasteiger charge is -2.22. The number of hydrogen-bond acceptors (Lipinski definition) is 3. The smallest absolute Gasteiger partial charge is 0.416 e. The molecule has 2 aromatic rings. The summed E-state index contributed by atoms with van der Waals surface area (Å²) in [5, 5.41) is 9.37. The van der Waals surface area contributed by atoms with Gasteiger partial charge in [0.05, 0.1) is 12.2 Å². The summed E-state index contributed by atoms with van der Waals surface area (Å²) < 4.78 is 43.3. The highest BCUT2D eigenvalue weighted by atomic mass is 35.5. The molecule has 1 aliphatic rings. The Kier molecular flexibility index (Phi) is 7.53. The van der Waals surface area contributed by atoms with Gasteiger partial charge in [-0.25, -0.2) is 0 Å². The highest BCUT2D eigenvalue weighted by molar-refractivity contribution is 5.85. The van der Waals surface area contributed by atoms with Crippen molar-refractivity contribution < 1.29 is 23.0 Å². The summed E-state index contributed by atoms with van der Waals surface area (Å²) in [6, 6.07) is 12.9. The van der Waals surface area contributed by atoms with Crippen molar-refractivity contribution in [1.82, 2.24) is 4.90 Å². The summed E-state index contributed by atoms with van der Waals surface area (Å²) in [4.78, 5) is 2.28. The average molecular weight is 402 g/mol. The van der Waals surface area contributed by atoms with E-state index in [0.717, 1.165) is 43.6 Å². The van der Waals surface area contributed by atoms with Crippen LogP contribution in [0, 0.1) is 0 Å². The van der Waals surface area contributed by atoms with Crippen LogP contribution in [0.5, 0.6) is 5.75 Å². The summed E-state index contributed by atoms with van der Waals surface area (Å²) in [7, 11) is 0. The highest BCUT2D eigenvalue weighted by Crippen LogP contribution is 2.29. The fraction of sp³-hybridized carbons (Fsp3) is 0.400. The SMILES string of the molecule is Cl.OC[C@H]1CCCN1Cc1ccc(OCc2ccc(C(F)(F)F)cc2)cc1. The van der Waals surface area contributed by atoms with Gasteiger partial charge in [0.25, 0.3) is 0 Å². The minimum absolute atomic E-state index is 0. The second kappa shape index (κ2) is 9.44. The van der Waals surface area contributed by atoms with Crippen molar-refractivity contribution in [3.05, 3.63) is 65.2 Å². The zero-order valence-corrected chi connectivity index (χ0v) is 15.6. The molecule has 3 nitrogen and oxygen atoms in total. The standard InChI is InChI=1S/C20H22F3NO2.ClH/c21-20(22,23)17-7-3-16(4-8-17)14-26-19-9-5-15(6-10-19)12-24-11-1-2-18(24)13-25;/h3-10,18,25H,1-2,11-14H2;1H/t18-;/m1./s1. The van der Waals surface area contributed by atoms with Crippen LogP contribution in [0.3, 0.4) is 0 Å². The van der Waals surface area contributed by atoms with Crippen molar-refractivity contribution >= 4 is 12.4 Å². The summed E-state index contributed by atoms with van der Waals surface area (Å²) >= 11 is 0. The molecular weight excluding hydrogens is 379 g/mol. The number of rotatable bonds is 6. The van der Waals surface area contributed by atoms with Gasteiger partial charge in [-0.3, -0.25) is 4.90 Å². The van der Waals surface area contributed by atoms with E-state index in [1.807, 2.05) is 24.3 Å². The molecule has 1 heterocycles. The van der Waals surface area contributed by atoms with Gasteiger partial charge in [-0.1, -0.05) is 24.3 Å². The number of aliphatic hydroxyl groups is 1. The van der Waals surface area contributed by atoms with E-state index in [-0.39, 0.29) is 31.7 Å². The number of halogens is 4. The highest BCUT2D eigenvalue weighted by Gasteiger charge is 2.29. The Morgan fingerprint density at radius 2 is 1.63 bits per heavy atom. The Labute approximate surface area is 163 Å². The van der Waals surface area contributed by atoms with Gasteiger partial charge in [-0.05, 0) is 54.8 Å². The van der Waals surface area contributed by atoms with Crippen LogP contribution in [0.1, 0.15) is 29.5 Å². The van der Waals surface area contributed by atoms with Crippen molar-refractivity contribution in [1.29, 1.82) is 0 Å². The Bertz CT molecular complexity index is 705. The zero-order valence-electron chi connectivity index (χ0n) is 14.8. The number of ether oxygens (including phenoxy) is 1. The van der Waals surface area contributed by atoms with Crippen LogP contribution in [0.4, 0.5) is 13.2 Å². The third-order valence-electron chi connectivity index (χ3n) is 4.71. The first-order valence-corrected chi connectivity index (χ1v) is 8.68. The van der Waals surface area contributed by atoms with Crippen LogP contribution in [-0.4, -0.2) is 29.2 Å². The molecule has 2 aromatic carbocycles. The maximum Gasteiger partial charge on any atom is 0.416 e. The average Bonchev–Trinajstić information content (AvgIpc) is 3.08. The molecule has 0 bridgehead atoms. The van der Waals surface area contributed by atoms with Gasteiger partial charge in [-0.15, -0.1) is 12.4 Å². The predicted octanol–water partition coefficient (Wildman–Crippen LogP) is 4.66. The monoisotopic (exact) mass is 401 g/mol. The molecule has 0 amide bonds. The molecular formula is C20H23ClF3NO2. The minimum Gasteiger partial charge on any atom is -0.489 e. The van der Waals surface area contributed by atoms with Gasteiger partial charge in [0.15, 0.2) is 0 Å². The van der Waals surface area contributed by atoms with E-state index < -0.39 is 11.7 Å². The number of nitrogens with zero attached hydrogens (tertiary/aromatic N) is 1. The van der Waals surface area contributed by atoms with Crippen molar-refractivity contribution in [3.63, 3.8) is 0 Å². The fourth-order valence-corrected chi connectivity index (χ4v) is 3.19. The fourth-order valence-electron chi connectivity index (χ4n) is 3.19. The van der Waals surface area contributed by atoms with Crippen LogP contribution in [-0.2, 0) is 19.3 Å². The predicted molar refractivity (Wildman–Crippen MR) is 100.0 cm³/mol. The van der Waals surface area contributed by atoms with E-state index in [1.165, 1.54) is 12.1 Å². The van der Waals surface area contributed by atoms with Crippen LogP contribution in [0.25, 0.3) is 0 Å². The molecule has 0 aliphatic carbocycles. The van der Waals surface area contributed by atoms with Crippen molar-refractivity contribution in [2.45, 2.75) is 38.2 Å². The molecule has 7 heteroatoms. The van der Waals surface area contributed by atoms with Crippen molar-refractivity contribution in [3.8, 4) is 5.75 Å². The first-order valence-electron chi connectivity index (χ1n) is 8.68. The molecule has 1 fully saturated rings. The van der Waals surface area contributed by atoms with Gasteiger partial charge in [0.2, 0.25) is 0 Å². The largest absolute Gasteiger partial charge is 0.489 e. The minimum atomic E-state index is -4.32. The second-order valence-corrected chi connectivity index (χ2v) is 6.58. The summed E-state index contributed by atoms with van der Waals surface area (Å²) in [6.07, 6.45) is -2.18. The number of aliphatic hydroxyl groups excluding tert-OH is 1. The molecule has 0 saturated carbocycles. The lowest BCUT2D eigenvalue weighted by molar-refractivity contribution is -0.137. The molecule has 1 atom stereocenters. The normalized spacial score (nSPS) is 17.6. The van der Waals surface area contributed by atoms with E-state index in [4.69, 9.17) is 4.74 Å². The molecule has 3 rings (SSSR count).